The molecule has 0 aliphatic carbocycles. The summed E-state index contributed by atoms with van der Waals surface area (Å²) in [6.45, 7) is 0.787. The van der Waals surface area contributed by atoms with Crippen molar-refractivity contribution in [3.05, 3.63) is 89.3 Å². The van der Waals surface area contributed by atoms with Gasteiger partial charge in [0.05, 0.1) is 25.3 Å². The van der Waals surface area contributed by atoms with Gasteiger partial charge in [-0.3, -0.25) is 9.59 Å². The van der Waals surface area contributed by atoms with Gasteiger partial charge in [0.25, 0.3) is 5.91 Å². The first-order chi connectivity index (χ1) is 17.4. The Kier molecular flexibility index (Phi) is 6.20. The molecule has 4 aromatic rings. The van der Waals surface area contributed by atoms with Crippen LogP contribution in [0, 0.1) is 5.82 Å². The van der Waals surface area contributed by atoms with Crippen LogP contribution < -0.4 is 4.74 Å². The van der Waals surface area contributed by atoms with Crippen LogP contribution in [0.1, 0.15) is 39.8 Å². The number of halogens is 1. The molecule has 0 fully saturated rings. The maximum absolute atomic E-state index is 14.4. The van der Waals surface area contributed by atoms with Crippen LogP contribution in [0.2, 0.25) is 0 Å². The lowest BCUT2D eigenvalue weighted by atomic mass is 10.00. The van der Waals surface area contributed by atoms with Crippen LogP contribution in [0.25, 0.3) is 23.2 Å². The Hall–Kier alpha value is -4.53. The van der Waals surface area contributed by atoms with Crippen molar-refractivity contribution < 1.29 is 23.8 Å². The first-order valence-corrected chi connectivity index (χ1v) is 11.4. The summed E-state index contributed by atoms with van der Waals surface area (Å²) in [7, 11) is 1.36. The quantitative estimate of drug-likeness (QED) is 0.415. The van der Waals surface area contributed by atoms with E-state index in [1.54, 1.807) is 18.3 Å². The van der Waals surface area contributed by atoms with Crippen molar-refractivity contribution in [3.8, 4) is 5.75 Å². The van der Waals surface area contributed by atoms with Gasteiger partial charge in [0.2, 0.25) is 0 Å². The number of aromatic nitrogens is 3. The van der Waals surface area contributed by atoms with Crippen LogP contribution in [0.15, 0.2) is 60.9 Å². The van der Waals surface area contributed by atoms with Crippen LogP contribution in [-0.4, -0.2) is 50.1 Å². The summed E-state index contributed by atoms with van der Waals surface area (Å²) in [5, 5.41) is 10.4. The highest BCUT2D eigenvalue weighted by Crippen LogP contribution is 2.32. The number of carboxylic acids is 1. The summed E-state index contributed by atoms with van der Waals surface area (Å²) in [6.07, 6.45) is 6.95. The summed E-state index contributed by atoms with van der Waals surface area (Å²) in [6, 6.07) is 12.9. The molecule has 4 heterocycles. The Balaban J connectivity index is 1.40. The van der Waals surface area contributed by atoms with Crippen molar-refractivity contribution in [2.45, 2.75) is 19.0 Å². The molecule has 0 saturated carbocycles. The SMILES string of the molecule is COc1ccc(C(CC(=O)O)N2CCn3cc(C=Cc4ccc5cccnc5n4)cc3C2=O)cc1F. The fourth-order valence-electron chi connectivity index (χ4n) is 4.46. The van der Waals surface area contributed by atoms with Crippen molar-refractivity contribution in [3.63, 3.8) is 0 Å². The number of carboxylic acid groups (broad SMARTS) is 1. The number of fused-ring (bicyclic) bond motifs is 2. The van der Waals surface area contributed by atoms with Gasteiger partial charge >= 0.3 is 5.97 Å². The summed E-state index contributed by atoms with van der Waals surface area (Å²) in [5.41, 5.74) is 3.05. The normalized spacial score (nSPS) is 14.3. The fraction of sp³-hybridized carbons (Fsp3) is 0.185. The monoisotopic (exact) mass is 486 g/mol. The molecule has 8 nitrogen and oxygen atoms in total. The lowest BCUT2D eigenvalue weighted by Gasteiger charge is -2.35. The number of nitrogens with zero attached hydrogens (tertiary/aromatic N) is 4. The largest absolute Gasteiger partial charge is 0.494 e. The van der Waals surface area contributed by atoms with Crippen LogP contribution in [0.3, 0.4) is 0 Å². The molecule has 1 N–H and O–H groups in total. The lowest BCUT2D eigenvalue weighted by Crippen LogP contribution is -2.43. The zero-order chi connectivity index (χ0) is 25.2. The van der Waals surface area contributed by atoms with Gasteiger partial charge < -0.3 is 19.3 Å². The zero-order valence-electron chi connectivity index (χ0n) is 19.5. The molecular formula is C27H23FN4O4. The van der Waals surface area contributed by atoms with E-state index in [2.05, 4.69) is 9.97 Å². The highest BCUT2D eigenvalue weighted by atomic mass is 19.1. The van der Waals surface area contributed by atoms with Gasteiger partial charge in [0, 0.05) is 30.9 Å². The standard InChI is InChI=1S/C27H23FN4O4/c1-36-24-9-6-19(14-21(24)28)22(15-25(33)34)32-12-11-31-16-17(13-23(31)27(32)35)4-7-20-8-5-18-3-2-10-29-26(18)30-20/h2-10,13-14,16,22H,11-12,15H2,1H3,(H,33,34). The third kappa shape index (κ3) is 4.55. The molecule has 0 spiro atoms. The highest BCUT2D eigenvalue weighted by molar-refractivity contribution is 5.95. The van der Waals surface area contributed by atoms with Crippen LogP contribution in [0.5, 0.6) is 5.75 Å². The molecule has 9 heteroatoms. The number of hydrogen-bond acceptors (Lipinski definition) is 5. The zero-order valence-corrected chi connectivity index (χ0v) is 19.5. The summed E-state index contributed by atoms with van der Waals surface area (Å²) in [4.78, 5) is 35.3. The van der Waals surface area contributed by atoms with E-state index in [0.717, 1.165) is 16.6 Å². The van der Waals surface area contributed by atoms with E-state index in [1.165, 1.54) is 24.1 Å². The first kappa shape index (κ1) is 23.2. The van der Waals surface area contributed by atoms with Crippen molar-refractivity contribution >= 4 is 35.1 Å². The van der Waals surface area contributed by atoms with Crippen molar-refractivity contribution in [2.24, 2.45) is 0 Å². The van der Waals surface area contributed by atoms with E-state index in [0.29, 0.717) is 30.0 Å². The summed E-state index contributed by atoms with van der Waals surface area (Å²) >= 11 is 0. The second-order valence-electron chi connectivity index (χ2n) is 8.48. The van der Waals surface area contributed by atoms with E-state index < -0.39 is 17.8 Å². The second-order valence-corrected chi connectivity index (χ2v) is 8.48. The Morgan fingerprint density at radius 1 is 1.19 bits per heavy atom. The minimum Gasteiger partial charge on any atom is -0.494 e. The van der Waals surface area contributed by atoms with Gasteiger partial charge in [-0.05, 0) is 59.7 Å². The molecule has 182 valence electrons. The molecule has 1 atom stereocenters. The lowest BCUT2D eigenvalue weighted by molar-refractivity contribution is -0.138. The maximum atomic E-state index is 14.4. The number of aliphatic carboxylic acids is 1. The Morgan fingerprint density at radius 2 is 2.06 bits per heavy atom. The van der Waals surface area contributed by atoms with E-state index in [9.17, 15) is 19.1 Å². The number of carbonyl (C=O) groups excluding carboxylic acids is 1. The number of carbonyl (C=O) groups is 2. The van der Waals surface area contributed by atoms with Crippen molar-refractivity contribution in [2.75, 3.05) is 13.7 Å². The maximum Gasteiger partial charge on any atom is 0.305 e. The number of methoxy groups -OCH3 is 1. The second kappa shape index (κ2) is 9.61. The molecule has 1 aliphatic heterocycles. The number of rotatable bonds is 7. The van der Waals surface area contributed by atoms with E-state index in [4.69, 9.17) is 4.74 Å². The molecule has 36 heavy (non-hydrogen) atoms. The third-order valence-electron chi connectivity index (χ3n) is 6.22. The molecule has 3 aromatic heterocycles. The Morgan fingerprint density at radius 3 is 2.83 bits per heavy atom. The molecular weight excluding hydrogens is 463 g/mol. The predicted octanol–water partition coefficient (Wildman–Crippen LogP) is 4.42. The van der Waals surface area contributed by atoms with E-state index in [1.807, 2.05) is 47.2 Å². The smallest absolute Gasteiger partial charge is 0.305 e. The summed E-state index contributed by atoms with van der Waals surface area (Å²) < 4.78 is 21.2. The molecule has 0 bridgehead atoms. The van der Waals surface area contributed by atoms with Gasteiger partial charge in [-0.2, -0.15) is 0 Å². The number of pyridine rings is 2. The van der Waals surface area contributed by atoms with Crippen molar-refractivity contribution in [1.82, 2.24) is 19.4 Å². The molecule has 1 unspecified atom stereocenters. The predicted molar refractivity (Wildman–Crippen MR) is 132 cm³/mol. The Labute approximate surface area is 206 Å². The minimum atomic E-state index is -1.08. The molecule has 0 radical (unpaired) electrons. The number of hydrogen-bond donors (Lipinski definition) is 1. The number of benzene rings is 1. The van der Waals surface area contributed by atoms with E-state index in [-0.39, 0.29) is 18.1 Å². The molecule has 1 amide bonds. The Bertz CT molecular complexity index is 1500. The number of ether oxygens (including phenoxy) is 1. The average Bonchev–Trinajstić information content (AvgIpc) is 3.30. The summed E-state index contributed by atoms with van der Waals surface area (Å²) in [5.74, 6) is -1.94. The van der Waals surface area contributed by atoms with Gasteiger partial charge in [-0.15, -0.1) is 0 Å². The fourth-order valence-corrected chi connectivity index (χ4v) is 4.46. The van der Waals surface area contributed by atoms with E-state index >= 15 is 0 Å². The van der Waals surface area contributed by atoms with Crippen LogP contribution in [0.4, 0.5) is 4.39 Å². The third-order valence-corrected chi connectivity index (χ3v) is 6.22. The molecule has 0 saturated heterocycles. The van der Waals surface area contributed by atoms with Crippen molar-refractivity contribution in [1.29, 1.82) is 0 Å². The average molecular weight is 487 g/mol. The topological polar surface area (TPSA) is 97.6 Å². The van der Waals surface area contributed by atoms with Crippen LogP contribution in [-0.2, 0) is 11.3 Å². The van der Waals surface area contributed by atoms with Gasteiger partial charge in [0.1, 0.15) is 5.69 Å². The van der Waals surface area contributed by atoms with Gasteiger partial charge in [0.15, 0.2) is 17.2 Å². The van der Waals surface area contributed by atoms with Gasteiger partial charge in [-0.1, -0.05) is 12.1 Å². The van der Waals surface area contributed by atoms with Crippen LogP contribution >= 0.6 is 0 Å². The highest BCUT2D eigenvalue weighted by Gasteiger charge is 2.33. The first-order valence-electron chi connectivity index (χ1n) is 11.4. The minimum absolute atomic E-state index is 0.0554. The molecule has 5 rings (SSSR count). The number of amides is 1. The molecule has 1 aliphatic rings. The van der Waals surface area contributed by atoms with Gasteiger partial charge in [-0.25, -0.2) is 14.4 Å². The molecule has 1 aromatic carbocycles.